The third kappa shape index (κ3) is 3.07. The normalized spacial score (nSPS) is 16.5. The van der Waals surface area contributed by atoms with Gasteiger partial charge in [-0.3, -0.25) is 9.08 Å². The summed E-state index contributed by atoms with van der Waals surface area (Å²) in [6, 6.07) is 8.65. The molecule has 6 nitrogen and oxygen atoms in total. The van der Waals surface area contributed by atoms with E-state index in [0.717, 1.165) is 28.4 Å². The first kappa shape index (κ1) is 16.7. The number of imidazole rings is 1. The highest BCUT2D eigenvalue weighted by Crippen LogP contribution is 2.29. The van der Waals surface area contributed by atoms with Crippen molar-refractivity contribution in [1.82, 2.24) is 24.1 Å². The molecule has 1 aliphatic rings. The summed E-state index contributed by atoms with van der Waals surface area (Å²) in [5.74, 6) is 1.28. The highest BCUT2D eigenvalue weighted by molar-refractivity contribution is 5.73. The van der Waals surface area contributed by atoms with Gasteiger partial charge in [-0.1, -0.05) is 24.3 Å². The Labute approximate surface area is 163 Å². The Kier molecular flexibility index (Phi) is 4.16. The molecule has 28 heavy (non-hydrogen) atoms. The van der Waals surface area contributed by atoms with Crippen molar-refractivity contribution in [2.75, 3.05) is 5.32 Å². The van der Waals surface area contributed by atoms with Crippen molar-refractivity contribution in [3.8, 4) is 11.3 Å². The maximum atomic E-state index is 4.58. The predicted molar refractivity (Wildman–Crippen MR) is 111 cm³/mol. The van der Waals surface area contributed by atoms with Gasteiger partial charge in [0.1, 0.15) is 0 Å². The molecule has 0 fully saturated rings. The van der Waals surface area contributed by atoms with Crippen molar-refractivity contribution >= 4 is 17.2 Å². The second kappa shape index (κ2) is 6.96. The van der Waals surface area contributed by atoms with Gasteiger partial charge in [-0.25, -0.2) is 9.97 Å². The summed E-state index contributed by atoms with van der Waals surface area (Å²) in [6.45, 7) is 0. The van der Waals surface area contributed by atoms with Crippen LogP contribution in [0.25, 0.3) is 16.9 Å². The number of nitrogens with zero attached hydrogens (tertiary/aromatic N) is 5. The summed E-state index contributed by atoms with van der Waals surface area (Å²) in [5, 5.41) is 7.67. The molecule has 1 aromatic carbocycles. The average Bonchev–Trinajstić information content (AvgIpc) is 3.36. The zero-order valence-electron chi connectivity index (χ0n) is 15.8. The van der Waals surface area contributed by atoms with Crippen LogP contribution in [-0.4, -0.2) is 24.1 Å². The average molecular weight is 370 g/mol. The van der Waals surface area contributed by atoms with E-state index in [1.807, 2.05) is 36.2 Å². The molecule has 0 spiro atoms. The maximum Gasteiger partial charge on any atom is 0.180 e. The number of anilines is 2. The van der Waals surface area contributed by atoms with Crippen LogP contribution >= 0.6 is 0 Å². The van der Waals surface area contributed by atoms with Crippen LogP contribution < -0.4 is 5.32 Å². The number of benzene rings is 1. The second-order valence-electron chi connectivity index (χ2n) is 7.23. The number of aryl methyl sites for hydroxylation is 1. The van der Waals surface area contributed by atoms with E-state index in [-0.39, 0.29) is 0 Å². The Bertz CT molecular complexity index is 1140. The van der Waals surface area contributed by atoms with Crippen molar-refractivity contribution in [2.24, 2.45) is 7.05 Å². The largest absolute Gasteiger partial charge is 0.337 e. The van der Waals surface area contributed by atoms with Gasteiger partial charge in [-0.2, -0.15) is 5.10 Å². The number of aromatic nitrogens is 5. The molecule has 140 valence electrons. The van der Waals surface area contributed by atoms with E-state index in [9.17, 15) is 0 Å². The smallest absolute Gasteiger partial charge is 0.180 e. The molecule has 1 atom stereocenters. The monoisotopic (exact) mass is 370 g/mol. The van der Waals surface area contributed by atoms with Gasteiger partial charge in [-0.15, -0.1) is 0 Å². The van der Waals surface area contributed by atoms with Crippen LogP contribution in [0.4, 0.5) is 11.5 Å². The van der Waals surface area contributed by atoms with E-state index < -0.39 is 0 Å². The third-order valence-electron chi connectivity index (χ3n) is 5.28. The summed E-state index contributed by atoms with van der Waals surface area (Å²) >= 11 is 0. The van der Waals surface area contributed by atoms with Crippen molar-refractivity contribution < 1.29 is 0 Å². The van der Waals surface area contributed by atoms with Crippen molar-refractivity contribution in [1.29, 1.82) is 0 Å². The molecule has 0 aliphatic heterocycles. The van der Waals surface area contributed by atoms with Gasteiger partial charge in [0.2, 0.25) is 0 Å². The molecule has 0 saturated carbocycles. The van der Waals surface area contributed by atoms with Crippen LogP contribution in [0.3, 0.4) is 0 Å². The molecule has 4 aromatic rings. The SMILES string of the molecule is Cn1cc(-c2cnc3c(Nc4ccc(C5C=CCCC5)cc4)nccn23)cn1. The summed E-state index contributed by atoms with van der Waals surface area (Å²) in [6.07, 6.45) is 17.7. The lowest BCUT2D eigenvalue weighted by molar-refractivity contribution is 0.654. The molecule has 1 unspecified atom stereocenters. The van der Waals surface area contributed by atoms with E-state index >= 15 is 0 Å². The first-order chi connectivity index (χ1) is 13.8. The fraction of sp³-hybridized carbons (Fsp3) is 0.227. The summed E-state index contributed by atoms with van der Waals surface area (Å²) in [7, 11) is 1.91. The minimum Gasteiger partial charge on any atom is -0.337 e. The van der Waals surface area contributed by atoms with Crippen LogP contribution in [0.2, 0.25) is 0 Å². The molecule has 1 aliphatic carbocycles. The zero-order chi connectivity index (χ0) is 18.9. The molecule has 6 heteroatoms. The van der Waals surface area contributed by atoms with Gasteiger partial charge in [0, 0.05) is 42.8 Å². The van der Waals surface area contributed by atoms with Gasteiger partial charge in [0.25, 0.3) is 0 Å². The number of fused-ring (bicyclic) bond motifs is 1. The standard InChI is InChI=1S/C22H22N6/c1-27-15-18(13-25-27)20-14-24-22-21(23-11-12-28(20)22)26-19-9-7-17(8-10-19)16-5-3-2-4-6-16/h3,5,7-16H,2,4,6H2,1H3,(H,23,26). The van der Waals surface area contributed by atoms with E-state index in [1.54, 1.807) is 10.9 Å². The highest BCUT2D eigenvalue weighted by atomic mass is 15.2. The van der Waals surface area contributed by atoms with E-state index in [2.05, 4.69) is 56.8 Å². The summed E-state index contributed by atoms with van der Waals surface area (Å²) in [5.41, 5.74) is 5.19. The third-order valence-corrected chi connectivity index (χ3v) is 5.28. The van der Waals surface area contributed by atoms with Crippen LogP contribution in [0.1, 0.15) is 30.7 Å². The number of hydrogen-bond donors (Lipinski definition) is 1. The molecule has 3 aromatic heterocycles. The maximum absolute atomic E-state index is 4.58. The van der Waals surface area contributed by atoms with E-state index in [4.69, 9.17) is 0 Å². The predicted octanol–water partition coefficient (Wildman–Crippen LogP) is 4.70. The van der Waals surface area contributed by atoms with Gasteiger partial charge in [-0.05, 0) is 37.0 Å². The first-order valence-electron chi connectivity index (χ1n) is 9.63. The van der Waals surface area contributed by atoms with Crippen LogP contribution in [-0.2, 0) is 7.05 Å². The fourth-order valence-corrected chi connectivity index (χ4v) is 3.81. The number of allylic oxidation sites excluding steroid dienone is 2. The van der Waals surface area contributed by atoms with Crippen LogP contribution in [0, 0.1) is 0 Å². The minimum atomic E-state index is 0.540. The van der Waals surface area contributed by atoms with E-state index in [1.165, 1.54) is 24.8 Å². The Hall–Kier alpha value is -3.41. The molecule has 0 amide bonds. The minimum absolute atomic E-state index is 0.540. The number of hydrogen-bond acceptors (Lipinski definition) is 4. The topological polar surface area (TPSA) is 60.0 Å². The molecule has 5 rings (SSSR count). The molecule has 3 heterocycles. The van der Waals surface area contributed by atoms with Crippen molar-refractivity contribution in [3.63, 3.8) is 0 Å². The Morgan fingerprint density at radius 3 is 2.75 bits per heavy atom. The quantitative estimate of drug-likeness (QED) is 0.529. The Morgan fingerprint density at radius 1 is 1.11 bits per heavy atom. The summed E-state index contributed by atoms with van der Waals surface area (Å²) < 4.78 is 3.83. The molecule has 0 radical (unpaired) electrons. The molecular weight excluding hydrogens is 348 g/mol. The van der Waals surface area contributed by atoms with Gasteiger partial charge in [0.15, 0.2) is 11.5 Å². The highest BCUT2D eigenvalue weighted by Gasteiger charge is 2.13. The number of rotatable bonds is 4. The lowest BCUT2D eigenvalue weighted by Gasteiger charge is -2.17. The van der Waals surface area contributed by atoms with Crippen molar-refractivity contribution in [3.05, 3.63) is 73.0 Å². The second-order valence-corrected chi connectivity index (χ2v) is 7.23. The summed E-state index contributed by atoms with van der Waals surface area (Å²) in [4.78, 5) is 9.08. The molecular formula is C22H22N6. The molecule has 0 bridgehead atoms. The van der Waals surface area contributed by atoms with Gasteiger partial charge < -0.3 is 5.32 Å². The van der Waals surface area contributed by atoms with Crippen LogP contribution in [0.15, 0.2) is 67.4 Å². The van der Waals surface area contributed by atoms with Crippen molar-refractivity contribution in [2.45, 2.75) is 25.2 Å². The van der Waals surface area contributed by atoms with Crippen LogP contribution in [0.5, 0.6) is 0 Å². The van der Waals surface area contributed by atoms with Gasteiger partial charge in [0.05, 0.1) is 18.1 Å². The Morgan fingerprint density at radius 2 is 2.00 bits per heavy atom. The lowest BCUT2D eigenvalue weighted by atomic mass is 9.89. The zero-order valence-corrected chi connectivity index (χ0v) is 15.8. The van der Waals surface area contributed by atoms with Gasteiger partial charge >= 0.3 is 0 Å². The molecule has 0 saturated heterocycles. The first-order valence-corrected chi connectivity index (χ1v) is 9.63. The lowest BCUT2D eigenvalue weighted by Crippen LogP contribution is -2.01. The number of nitrogens with one attached hydrogen (secondary N) is 1. The Balaban J connectivity index is 1.43. The molecule has 1 N–H and O–H groups in total. The fourth-order valence-electron chi connectivity index (χ4n) is 3.81. The van der Waals surface area contributed by atoms with E-state index in [0.29, 0.717) is 5.92 Å².